The predicted octanol–water partition coefficient (Wildman–Crippen LogP) is 3.00. The normalized spacial score (nSPS) is 20.8. The maximum Gasteiger partial charge on any atom is 0.103 e. The van der Waals surface area contributed by atoms with Gasteiger partial charge in [0.2, 0.25) is 0 Å². The maximum atomic E-state index is 11.0. The molecule has 0 aliphatic heterocycles. The number of benzene rings is 1. The standard InChI is InChI=1S/C17H19ClN2O/c1-20(11-14-7-9-19-10-16(14)18)12-17(21)8-6-13-4-2-3-5-15(13)17/h2-5,7,9-10,21H,6,8,11-12H2,1H3/t17-/m1/s1. The van der Waals surface area contributed by atoms with Crippen molar-refractivity contribution in [3.05, 3.63) is 64.4 Å². The van der Waals surface area contributed by atoms with Crippen LogP contribution in [0.3, 0.4) is 0 Å². The highest BCUT2D eigenvalue weighted by Crippen LogP contribution is 2.37. The number of hydrogen-bond donors (Lipinski definition) is 1. The van der Waals surface area contributed by atoms with Gasteiger partial charge in [-0.25, -0.2) is 0 Å². The number of hydrogen-bond acceptors (Lipinski definition) is 3. The van der Waals surface area contributed by atoms with E-state index in [0.717, 1.165) is 24.0 Å². The lowest BCUT2D eigenvalue weighted by molar-refractivity contribution is 0.00549. The topological polar surface area (TPSA) is 36.4 Å². The highest BCUT2D eigenvalue weighted by Gasteiger charge is 2.37. The SMILES string of the molecule is CN(Cc1ccncc1Cl)C[C@]1(O)CCc2ccccc21. The first-order valence-electron chi connectivity index (χ1n) is 7.16. The summed E-state index contributed by atoms with van der Waals surface area (Å²) in [4.78, 5) is 6.11. The van der Waals surface area contributed by atoms with Gasteiger partial charge >= 0.3 is 0 Å². The molecule has 0 spiro atoms. The van der Waals surface area contributed by atoms with E-state index in [0.29, 0.717) is 18.1 Å². The number of aryl methyl sites for hydroxylation is 1. The molecule has 0 radical (unpaired) electrons. The Bertz CT molecular complexity index is 646. The Morgan fingerprint density at radius 1 is 1.33 bits per heavy atom. The Morgan fingerprint density at radius 2 is 2.14 bits per heavy atom. The van der Waals surface area contributed by atoms with Crippen LogP contribution in [-0.4, -0.2) is 28.6 Å². The zero-order valence-corrected chi connectivity index (χ0v) is 12.8. The number of halogens is 1. The zero-order valence-electron chi connectivity index (χ0n) is 12.1. The third-order valence-corrected chi connectivity index (χ3v) is 4.50. The average Bonchev–Trinajstić information content (AvgIpc) is 2.79. The molecule has 0 saturated carbocycles. The zero-order chi connectivity index (χ0) is 14.9. The second-order valence-corrected chi connectivity index (χ2v) is 6.24. The van der Waals surface area contributed by atoms with Crippen molar-refractivity contribution in [1.82, 2.24) is 9.88 Å². The van der Waals surface area contributed by atoms with Crippen LogP contribution in [0, 0.1) is 0 Å². The number of rotatable bonds is 4. The van der Waals surface area contributed by atoms with E-state index in [1.165, 1.54) is 5.56 Å². The van der Waals surface area contributed by atoms with E-state index in [1.54, 1.807) is 12.4 Å². The molecule has 4 heteroatoms. The van der Waals surface area contributed by atoms with Crippen molar-refractivity contribution >= 4 is 11.6 Å². The van der Waals surface area contributed by atoms with Gasteiger partial charge in [0.05, 0.1) is 5.02 Å². The van der Waals surface area contributed by atoms with Crippen molar-refractivity contribution in [2.45, 2.75) is 25.0 Å². The number of pyridine rings is 1. The fourth-order valence-corrected chi connectivity index (χ4v) is 3.34. The minimum absolute atomic E-state index is 0.600. The molecule has 2 aromatic rings. The van der Waals surface area contributed by atoms with Crippen LogP contribution in [0.15, 0.2) is 42.7 Å². The van der Waals surface area contributed by atoms with Crippen molar-refractivity contribution in [3.8, 4) is 0 Å². The van der Waals surface area contributed by atoms with Gasteiger partial charge in [-0.15, -0.1) is 0 Å². The van der Waals surface area contributed by atoms with Gasteiger partial charge in [0.15, 0.2) is 0 Å². The smallest absolute Gasteiger partial charge is 0.103 e. The molecule has 0 bridgehead atoms. The Morgan fingerprint density at radius 3 is 2.95 bits per heavy atom. The van der Waals surface area contributed by atoms with Crippen LogP contribution in [0.2, 0.25) is 5.02 Å². The van der Waals surface area contributed by atoms with E-state index < -0.39 is 5.60 Å². The number of fused-ring (bicyclic) bond motifs is 1. The summed E-state index contributed by atoms with van der Waals surface area (Å²) in [6, 6.07) is 10.1. The fourth-order valence-electron chi connectivity index (χ4n) is 3.16. The second-order valence-electron chi connectivity index (χ2n) is 5.83. The Balaban J connectivity index is 1.74. The Kier molecular flexibility index (Phi) is 3.98. The van der Waals surface area contributed by atoms with Crippen molar-refractivity contribution in [2.24, 2.45) is 0 Å². The maximum absolute atomic E-state index is 11.0. The van der Waals surface area contributed by atoms with Gasteiger partial charge in [-0.2, -0.15) is 0 Å². The fraction of sp³-hybridized carbons (Fsp3) is 0.353. The average molecular weight is 303 g/mol. The van der Waals surface area contributed by atoms with Crippen LogP contribution in [0.5, 0.6) is 0 Å². The quantitative estimate of drug-likeness (QED) is 0.943. The molecule has 1 heterocycles. The molecule has 110 valence electrons. The van der Waals surface area contributed by atoms with Gasteiger partial charge in [0.1, 0.15) is 5.60 Å². The first-order chi connectivity index (χ1) is 10.1. The molecule has 1 aliphatic carbocycles. The Labute approximate surface area is 130 Å². The summed E-state index contributed by atoms with van der Waals surface area (Å²) in [7, 11) is 2.01. The van der Waals surface area contributed by atoms with Gasteiger partial charge in [-0.1, -0.05) is 35.9 Å². The summed E-state index contributed by atoms with van der Waals surface area (Å²) >= 11 is 6.15. The van der Waals surface area contributed by atoms with Crippen molar-refractivity contribution < 1.29 is 5.11 Å². The lowest BCUT2D eigenvalue weighted by atomic mass is 9.95. The lowest BCUT2D eigenvalue weighted by Gasteiger charge is -2.30. The van der Waals surface area contributed by atoms with E-state index >= 15 is 0 Å². The van der Waals surface area contributed by atoms with Gasteiger partial charge in [-0.3, -0.25) is 9.88 Å². The van der Waals surface area contributed by atoms with Crippen LogP contribution < -0.4 is 0 Å². The van der Waals surface area contributed by atoms with Crippen molar-refractivity contribution in [3.63, 3.8) is 0 Å². The molecule has 0 amide bonds. The molecule has 3 nitrogen and oxygen atoms in total. The summed E-state index contributed by atoms with van der Waals surface area (Å²) < 4.78 is 0. The Hall–Kier alpha value is -1.42. The molecule has 1 aliphatic rings. The molecule has 0 unspecified atom stereocenters. The molecule has 1 aromatic heterocycles. The van der Waals surface area contributed by atoms with Gasteiger partial charge in [0.25, 0.3) is 0 Å². The van der Waals surface area contributed by atoms with Crippen LogP contribution in [0.4, 0.5) is 0 Å². The third-order valence-electron chi connectivity index (χ3n) is 4.15. The highest BCUT2D eigenvalue weighted by molar-refractivity contribution is 6.31. The van der Waals surface area contributed by atoms with Gasteiger partial charge in [-0.05, 0) is 42.6 Å². The summed E-state index contributed by atoms with van der Waals surface area (Å²) in [6.45, 7) is 1.30. The molecule has 1 atom stereocenters. The summed E-state index contributed by atoms with van der Waals surface area (Å²) in [5.74, 6) is 0. The molecule has 1 aromatic carbocycles. The minimum atomic E-state index is -0.759. The van der Waals surface area contributed by atoms with E-state index in [4.69, 9.17) is 11.6 Å². The molecule has 21 heavy (non-hydrogen) atoms. The third kappa shape index (κ3) is 2.95. The van der Waals surface area contributed by atoms with E-state index in [9.17, 15) is 5.11 Å². The molecule has 0 saturated heterocycles. The molecular formula is C17H19ClN2O. The molecular weight excluding hydrogens is 284 g/mol. The summed E-state index contributed by atoms with van der Waals surface area (Å²) in [5.41, 5.74) is 2.60. The van der Waals surface area contributed by atoms with Crippen molar-refractivity contribution in [1.29, 1.82) is 0 Å². The van der Waals surface area contributed by atoms with Gasteiger partial charge in [0, 0.05) is 25.5 Å². The highest BCUT2D eigenvalue weighted by atomic mass is 35.5. The van der Waals surface area contributed by atoms with Gasteiger partial charge < -0.3 is 5.11 Å². The number of aliphatic hydroxyl groups is 1. The monoisotopic (exact) mass is 302 g/mol. The van der Waals surface area contributed by atoms with Crippen LogP contribution in [-0.2, 0) is 18.6 Å². The van der Waals surface area contributed by atoms with Crippen LogP contribution in [0.1, 0.15) is 23.1 Å². The first kappa shape index (κ1) is 14.5. The lowest BCUT2D eigenvalue weighted by Crippen LogP contribution is -2.37. The molecule has 3 rings (SSSR count). The molecule has 1 N–H and O–H groups in total. The minimum Gasteiger partial charge on any atom is -0.384 e. The molecule has 0 fully saturated rings. The first-order valence-corrected chi connectivity index (χ1v) is 7.54. The number of likely N-dealkylation sites (N-methyl/N-ethyl adjacent to an activating group) is 1. The van der Waals surface area contributed by atoms with Crippen LogP contribution in [0.25, 0.3) is 0 Å². The largest absolute Gasteiger partial charge is 0.384 e. The summed E-state index contributed by atoms with van der Waals surface area (Å²) in [6.07, 6.45) is 5.12. The number of aromatic nitrogens is 1. The predicted molar refractivity (Wildman–Crippen MR) is 84.2 cm³/mol. The number of nitrogens with zero attached hydrogens (tertiary/aromatic N) is 2. The van der Waals surface area contributed by atoms with Crippen LogP contribution >= 0.6 is 11.6 Å². The van der Waals surface area contributed by atoms with E-state index in [1.807, 2.05) is 31.3 Å². The second kappa shape index (κ2) is 5.76. The van der Waals surface area contributed by atoms with Crippen molar-refractivity contribution in [2.75, 3.05) is 13.6 Å². The van der Waals surface area contributed by atoms with E-state index in [-0.39, 0.29) is 0 Å². The summed E-state index contributed by atoms with van der Waals surface area (Å²) in [5, 5.41) is 11.6. The van der Waals surface area contributed by atoms with E-state index in [2.05, 4.69) is 16.0 Å².